The highest BCUT2D eigenvalue weighted by Crippen LogP contribution is 2.27. The first-order valence-electron chi connectivity index (χ1n) is 10.8. The zero-order chi connectivity index (χ0) is 27.6. The molecule has 18 heteroatoms. The summed E-state index contributed by atoms with van der Waals surface area (Å²) in [7, 11) is 0. The van der Waals surface area contributed by atoms with Crippen LogP contribution >= 0.6 is 37.2 Å². The van der Waals surface area contributed by atoms with Crippen LogP contribution in [0.2, 0.25) is 0 Å². The fourth-order valence-electron chi connectivity index (χ4n) is 3.35. The largest absolute Gasteiger partial charge is 0.369 e. The number of carbonyl (C=O) groups is 1. The molecule has 0 aliphatic heterocycles. The third-order valence-electron chi connectivity index (χ3n) is 4.92. The van der Waals surface area contributed by atoms with Crippen LogP contribution in [0.25, 0.3) is 0 Å². The minimum atomic E-state index is -0.676. The predicted molar refractivity (Wildman–Crippen MR) is 169 cm³/mol. The number of nitrogens with one attached hydrogen (secondary N) is 7. The number of guanidine groups is 4. The van der Waals surface area contributed by atoms with E-state index in [2.05, 4.69) is 36.9 Å². The van der Waals surface area contributed by atoms with Crippen molar-refractivity contribution in [1.29, 1.82) is 16.2 Å². The summed E-state index contributed by atoms with van der Waals surface area (Å²) in [5.74, 6) is -1.46. The number of hydrogen-bond donors (Lipinski definition) is 10. The second-order valence-corrected chi connectivity index (χ2v) is 7.60. The minimum absolute atomic E-state index is 0. The molecule has 2 aromatic carbocycles. The number of nitrogens with two attached hydrogens (primary N) is 3. The molecule has 40 heavy (non-hydrogen) atoms. The normalized spacial score (nSPS) is 12.6. The number of hydrazone groups is 3. The Morgan fingerprint density at radius 3 is 1.80 bits per heavy atom. The summed E-state index contributed by atoms with van der Waals surface area (Å²) >= 11 is 0. The Labute approximate surface area is 250 Å². The zero-order valence-electron chi connectivity index (χ0n) is 21.9. The number of halogens is 3. The number of amides is 1. The molecule has 13 N–H and O–H groups in total. The van der Waals surface area contributed by atoms with Crippen molar-refractivity contribution in [3.63, 3.8) is 0 Å². The molecule has 1 amide bonds. The van der Waals surface area contributed by atoms with Crippen LogP contribution in [0.3, 0.4) is 0 Å². The second-order valence-electron chi connectivity index (χ2n) is 7.60. The van der Waals surface area contributed by atoms with Crippen molar-refractivity contribution in [2.45, 2.75) is 20.8 Å². The van der Waals surface area contributed by atoms with Gasteiger partial charge in [-0.2, -0.15) is 5.10 Å². The molecular formula is C22H34Cl3N14O+. The maximum atomic E-state index is 13.4. The van der Waals surface area contributed by atoms with Crippen LogP contribution in [0.5, 0.6) is 0 Å². The van der Waals surface area contributed by atoms with Gasteiger partial charge in [0.05, 0.1) is 12.6 Å². The average molecular weight is 617 g/mol. The summed E-state index contributed by atoms with van der Waals surface area (Å²) in [6, 6.07) is 15.7. The van der Waals surface area contributed by atoms with Crippen LogP contribution in [0, 0.1) is 16.2 Å². The third-order valence-corrected chi connectivity index (χ3v) is 4.92. The Balaban J connectivity index is 0. The van der Waals surface area contributed by atoms with Gasteiger partial charge in [0.25, 0.3) is 0 Å². The van der Waals surface area contributed by atoms with Crippen molar-refractivity contribution in [2.75, 3.05) is 5.32 Å². The molecule has 0 saturated carbocycles. The van der Waals surface area contributed by atoms with Crippen LogP contribution < -0.4 is 43.3 Å². The molecule has 1 unspecified atom stereocenters. The van der Waals surface area contributed by atoms with Crippen LogP contribution in [0.15, 0.2) is 69.9 Å². The van der Waals surface area contributed by atoms with Gasteiger partial charge in [-0.3, -0.25) is 21.5 Å². The number of rotatable bonds is 6. The van der Waals surface area contributed by atoms with Gasteiger partial charge in [0, 0.05) is 24.7 Å². The number of amidine groups is 1. The predicted octanol–water partition coefficient (Wildman–Crippen LogP) is 1.70. The Morgan fingerprint density at radius 1 is 0.750 bits per heavy atom. The van der Waals surface area contributed by atoms with E-state index >= 15 is 0 Å². The van der Waals surface area contributed by atoms with E-state index in [1.165, 1.54) is 6.92 Å². The SMILES string of the molecule is CC(=O)[N+](C(C)=NNC(=N)N)(C(=NNC(=N)N)Nc1cccc(C(C)=NNC(=N)N)c1)c1ccccc1.Cl.Cl.Cl. The lowest BCUT2D eigenvalue weighted by Crippen LogP contribution is -2.64. The Hall–Kier alpha value is -4.44. The summed E-state index contributed by atoms with van der Waals surface area (Å²) in [6.07, 6.45) is 0. The highest BCUT2D eigenvalue weighted by atomic mass is 35.5. The van der Waals surface area contributed by atoms with Gasteiger partial charge in [-0.05, 0) is 24.6 Å². The third kappa shape index (κ3) is 9.70. The molecule has 0 fully saturated rings. The first-order valence-corrected chi connectivity index (χ1v) is 10.8. The van der Waals surface area contributed by atoms with Crippen LogP contribution in [0.1, 0.15) is 26.3 Å². The van der Waals surface area contributed by atoms with E-state index < -0.39 is 22.3 Å². The fraction of sp³-hybridized carbons (Fsp3) is 0.136. The highest BCUT2D eigenvalue weighted by molar-refractivity contribution is 6.29. The number of carbonyl (C=O) groups excluding carboxylic acids is 1. The van der Waals surface area contributed by atoms with E-state index in [0.29, 0.717) is 22.6 Å². The van der Waals surface area contributed by atoms with E-state index in [0.717, 1.165) is 0 Å². The summed E-state index contributed by atoms with van der Waals surface area (Å²) in [5.41, 5.74) is 25.6. The number of nitrogens with zero attached hydrogens (tertiary/aromatic N) is 4. The first kappa shape index (κ1) is 37.7. The number of hydrogen-bond acceptors (Lipinski definition) is 7. The van der Waals surface area contributed by atoms with Gasteiger partial charge in [0.2, 0.25) is 23.7 Å². The molecule has 0 aliphatic rings. The first-order chi connectivity index (χ1) is 17.5. The number of anilines is 1. The van der Waals surface area contributed by atoms with Crippen molar-refractivity contribution in [1.82, 2.24) is 20.8 Å². The van der Waals surface area contributed by atoms with Gasteiger partial charge in [0.1, 0.15) is 0 Å². The molecular weight excluding hydrogens is 583 g/mol. The molecule has 0 aliphatic carbocycles. The molecule has 0 spiro atoms. The lowest BCUT2D eigenvalue weighted by Gasteiger charge is -2.33. The van der Waals surface area contributed by atoms with Crippen LogP contribution in [-0.4, -0.2) is 41.3 Å². The quantitative estimate of drug-likeness (QED) is 0.0986. The molecule has 15 nitrogen and oxygen atoms in total. The molecule has 218 valence electrons. The van der Waals surface area contributed by atoms with E-state index in [9.17, 15) is 4.79 Å². The lowest BCUT2D eigenvalue weighted by atomic mass is 10.1. The number of quaternary nitrogens is 1. The van der Waals surface area contributed by atoms with Crippen molar-refractivity contribution in [3.8, 4) is 0 Å². The van der Waals surface area contributed by atoms with Crippen molar-refractivity contribution < 1.29 is 4.79 Å². The molecule has 2 aromatic rings. The van der Waals surface area contributed by atoms with Crippen LogP contribution in [-0.2, 0) is 4.79 Å². The van der Waals surface area contributed by atoms with Gasteiger partial charge in [0.15, 0.2) is 5.69 Å². The molecule has 0 aromatic heterocycles. The number of para-hydroxylation sites is 1. The van der Waals surface area contributed by atoms with Gasteiger partial charge in [-0.25, -0.2) is 21.1 Å². The van der Waals surface area contributed by atoms with Crippen molar-refractivity contribution in [3.05, 3.63) is 60.2 Å². The van der Waals surface area contributed by atoms with Gasteiger partial charge < -0.3 is 17.2 Å². The summed E-state index contributed by atoms with van der Waals surface area (Å²) in [4.78, 5) is 13.4. The standard InChI is InChI=1S/C22H31N14O.3ClH/c1-13(30-32-19(23)24)16-8-7-9-17(12-16)29-22(35-34-21(27)28)36(15(3)37,14(2)31-33-20(25)26)18-10-5-4-6-11-18;;;/h4-12H,1-3H3,(H,29,35)(H4,23,24,32)(H4,25,26,33)(H4,27,28,34);3*1H/q+1;;;. The Kier molecular flexibility index (Phi) is 16.2. The molecule has 2 rings (SSSR count). The molecule has 1 atom stereocenters. The Bertz CT molecular complexity index is 1280. The van der Waals surface area contributed by atoms with Crippen molar-refractivity contribution in [2.24, 2.45) is 32.5 Å². The zero-order valence-corrected chi connectivity index (χ0v) is 24.3. The minimum Gasteiger partial charge on any atom is -0.369 e. The van der Waals surface area contributed by atoms with Gasteiger partial charge in [-0.1, -0.05) is 35.4 Å². The van der Waals surface area contributed by atoms with E-state index in [1.807, 2.05) is 0 Å². The average Bonchev–Trinajstić information content (AvgIpc) is 2.85. The number of benzene rings is 2. The summed E-state index contributed by atoms with van der Waals surface area (Å²) < 4.78 is -0.676. The maximum absolute atomic E-state index is 13.4. The fourth-order valence-corrected chi connectivity index (χ4v) is 3.35. The van der Waals surface area contributed by atoms with E-state index in [1.54, 1.807) is 68.4 Å². The monoisotopic (exact) mass is 615 g/mol. The molecule has 0 saturated heterocycles. The molecule has 0 radical (unpaired) electrons. The topological polar surface area (TPSA) is 252 Å². The van der Waals surface area contributed by atoms with Crippen molar-refractivity contribution >= 4 is 89.9 Å². The summed E-state index contributed by atoms with van der Waals surface area (Å²) in [5, 5.41) is 37.9. The lowest BCUT2D eigenvalue weighted by molar-refractivity contribution is -0.122. The van der Waals surface area contributed by atoms with Gasteiger partial charge in [-0.15, -0.1) is 46.8 Å². The molecule has 0 bridgehead atoms. The molecule has 0 heterocycles. The Morgan fingerprint density at radius 2 is 1.27 bits per heavy atom. The smallest absolute Gasteiger partial charge is 0.343 e. The second kappa shape index (κ2) is 17.2. The maximum Gasteiger partial charge on any atom is 0.343 e. The van der Waals surface area contributed by atoms with Crippen LogP contribution in [0.4, 0.5) is 11.4 Å². The summed E-state index contributed by atoms with van der Waals surface area (Å²) in [6.45, 7) is 4.65. The highest BCUT2D eigenvalue weighted by Gasteiger charge is 2.47. The van der Waals surface area contributed by atoms with Gasteiger partial charge >= 0.3 is 11.9 Å². The van der Waals surface area contributed by atoms with E-state index in [4.69, 9.17) is 33.4 Å². The van der Waals surface area contributed by atoms with E-state index in [-0.39, 0.29) is 55.0 Å².